The van der Waals surface area contributed by atoms with E-state index in [4.69, 9.17) is 4.74 Å². The summed E-state index contributed by atoms with van der Waals surface area (Å²) in [7, 11) is 0. The Morgan fingerprint density at radius 2 is 1.38 bits per heavy atom. The van der Waals surface area contributed by atoms with Crippen LogP contribution in [0.4, 0.5) is 35.1 Å². The van der Waals surface area contributed by atoms with Crippen molar-refractivity contribution in [2.24, 2.45) is 5.92 Å². The summed E-state index contributed by atoms with van der Waals surface area (Å²) in [6, 6.07) is 5.53. The third-order valence-corrected chi connectivity index (χ3v) is 6.86. The predicted molar refractivity (Wildman–Crippen MR) is 128 cm³/mol. The second-order valence-corrected chi connectivity index (χ2v) is 9.67. The van der Waals surface area contributed by atoms with Crippen molar-refractivity contribution in [3.63, 3.8) is 0 Å². The molecule has 0 N–H and O–H groups in total. The Kier molecular flexibility index (Phi) is 8.83. The summed E-state index contributed by atoms with van der Waals surface area (Å²) in [5, 5.41) is 0. The number of halogens is 8. The van der Waals surface area contributed by atoms with Crippen molar-refractivity contribution in [3.8, 4) is 16.9 Å². The zero-order chi connectivity index (χ0) is 28.3. The topological polar surface area (TPSA) is 18.5 Å². The minimum Gasteiger partial charge on any atom is -0.429 e. The molecule has 0 unspecified atom stereocenters. The Hall–Kier alpha value is -3.14. The van der Waals surface area contributed by atoms with Crippen LogP contribution >= 0.6 is 0 Å². The minimum absolute atomic E-state index is 0.111. The maximum atomic E-state index is 15.0. The molecule has 0 atom stereocenters. The molecule has 0 radical (unpaired) electrons. The van der Waals surface area contributed by atoms with E-state index in [2.05, 4.69) is 4.74 Å². The molecule has 1 fully saturated rings. The van der Waals surface area contributed by atoms with E-state index in [9.17, 15) is 30.7 Å². The van der Waals surface area contributed by atoms with Gasteiger partial charge in [0.15, 0.2) is 17.5 Å². The van der Waals surface area contributed by atoms with Crippen LogP contribution in [0.15, 0.2) is 42.5 Å². The molecule has 0 saturated heterocycles. The van der Waals surface area contributed by atoms with Gasteiger partial charge >= 0.3 is 6.11 Å². The molecule has 1 saturated carbocycles. The molecular formula is C29H26F8O2. The Bertz CT molecular complexity index is 1270. The van der Waals surface area contributed by atoms with Gasteiger partial charge in [-0.1, -0.05) is 19.1 Å². The van der Waals surface area contributed by atoms with Gasteiger partial charge in [0.05, 0.1) is 0 Å². The zero-order valence-corrected chi connectivity index (χ0v) is 21.0. The van der Waals surface area contributed by atoms with Crippen molar-refractivity contribution in [1.29, 1.82) is 0 Å². The van der Waals surface area contributed by atoms with Crippen LogP contribution in [0.2, 0.25) is 0 Å². The summed E-state index contributed by atoms with van der Waals surface area (Å²) >= 11 is 0. The number of rotatable bonds is 9. The molecule has 1 aliphatic rings. The summed E-state index contributed by atoms with van der Waals surface area (Å²) in [6.07, 6.45) is -0.230. The summed E-state index contributed by atoms with van der Waals surface area (Å²) in [6.45, 7) is 3.45. The average molecular weight is 559 g/mol. The summed E-state index contributed by atoms with van der Waals surface area (Å²) in [5.41, 5.74) is -1.64. The largest absolute Gasteiger partial charge is 0.432 e. The molecular weight excluding hydrogens is 532 g/mol. The molecule has 39 heavy (non-hydrogen) atoms. The van der Waals surface area contributed by atoms with Crippen LogP contribution in [-0.2, 0) is 10.8 Å². The van der Waals surface area contributed by atoms with E-state index in [0.717, 1.165) is 37.7 Å². The average Bonchev–Trinajstić information content (AvgIpc) is 2.87. The van der Waals surface area contributed by atoms with Crippen molar-refractivity contribution in [2.75, 3.05) is 13.2 Å². The molecule has 3 aromatic rings. The van der Waals surface area contributed by atoms with Gasteiger partial charge in [-0.25, -0.2) is 26.3 Å². The lowest BCUT2D eigenvalue weighted by Gasteiger charge is -2.29. The number of hydrogen-bond acceptors (Lipinski definition) is 2. The first kappa shape index (κ1) is 28.9. The molecule has 1 aliphatic carbocycles. The van der Waals surface area contributed by atoms with E-state index in [0.29, 0.717) is 31.3 Å². The fourth-order valence-corrected chi connectivity index (χ4v) is 4.87. The zero-order valence-electron chi connectivity index (χ0n) is 21.0. The molecule has 2 nitrogen and oxygen atoms in total. The molecule has 0 amide bonds. The maximum Gasteiger partial charge on any atom is 0.432 e. The van der Waals surface area contributed by atoms with Crippen molar-refractivity contribution < 1.29 is 44.6 Å². The first-order chi connectivity index (χ1) is 18.5. The molecule has 0 aromatic heterocycles. The molecule has 210 valence electrons. The number of hydrogen-bond donors (Lipinski definition) is 0. The Balaban J connectivity index is 1.51. The number of ether oxygens (including phenoxy) is 2. The van der Waals surface area contributed by atoms with Crippen LogP contribution in [0.3, 0.4) is 0 Å². The number of alkyl halides is 2. The highest BCUT2D eigenvalue weighted by Gasteiger charge is 2.41. The van der Waals surface area contributed by atoms with Crippen LogP contribution < -0.4 is 4.74 Å². The van der Waals surface area contributed by atoms with Crippen LogP contribution in [0, 0.1) is 40.8 Å². The maximum absolute atomic E-state index is 15.0. The normalized spacial score (nSPS) is 17.9. The summed E-state index contributed by atoms with van der Waals surface area (Å²) in [5.74, 6) is -10.5. The second kappa shape index (κ2) is 11.9. The van der Waals surface area contributed by atoms with Gasteiger partial charge in [0.2, 0.25) is 0 Å². The van der Waals surface area contributed by atoms with Gasteiger partial charge < -0.3 is 9.47 Å². The highest BCUT2D eigenvalue weighted by molar-refractivity contribution is 5.65. The molecule has 0 heterocycles. The van der Waals surface area contributed by atoms with Crippen LogP contribution in [0.25, 0.3) is 11.1 Å². The Labute approximate surface area is 220 Å². The Morgan fingerprint density at radius 3 is 1.95 bits per heavy atom. The van der Waals surface area contributed by atoms with Crippen LogP contribution in [-0.4, -0.2) is 13.2 Å². The lowest BCUT2D eigenvalue weighted by molar-refractivity contribution is -0.189. The molecule has 0 aliphatic heterocycles. The third kappa shape index (κ3) is 6.54. The lowest BCUT2D eigenvalue weighted by Crippen LogP contribution is -2.25. The van der Waals surface area contributed by atoms with Crippen molar-refractivity contribution >= 4 is 0 Å². The molecule has 4 rings (SSSR count). The quantitative estimate of drug-likeness (QED) is 0.148. The summed E-state index contributed by atoms with van der Waals surface area (Å²) < 4.78 is 123. The van der Waals surface area contributed by atoms with E-state index in [-0.39, 0.29) is 29.2 Å². The van der Waals surface area contributed by atoms with E-state index in [1.807, 2.05) is 6.92 Å². The van der Waals surface area contributed by atoms with E-state index in [1.165, 1.54) is 12.1 Å². The van der Waals surface area contributed by atoms with Gasteiger partial charge in [0.25, 0.3) is 0 Å². The molecule has 0 bridgehead atoms. The van der Waals surface area contributed by atoms with E-state index >= 15 is 4.39 Å². The Morgan fingerprint density at radius 1 is 0.769 bits per heavy atom. The molecule has 3 aromatic carbocycles. The minimum atomic E-state index is -4.73. The van der Waals surface area contributed by atoms with Crippen LogP contribution in [0.5, 0.6) is 5.75 Å². The summed E-state index contributed by atoms with van der Waals surface area (Å²) in [4.78, 5) is 0. The van der Waals surface area contributed by atoms with E-state index < -0.39 is 52.3 Å². The number of benzene rings is 3. The highest BCUT2D eigenvalue weighted by Crippen LogP contribution is 2.40. The first-order valence-corrected chi connectivity index (χ1v) is 12.6. The molecule has 0 spiro atoms. The van der Waals surface area contributed by atoms with E-state index in [1.54, 1.807) is 6.07 Å². The van der Waals surface area contributed by atoms with Gasteiger partial charge in [0.1, 0.15) is 28.8 Å². The second-order valence-electron chi connectivity index (χ2n) is 9.67. The predicted octanol–water partition coefficient (Wildman–Crippen LogP) is 9.02. The van der Waals surface area contributed by atoms with Crippen molar-refractivity contribution in [2.45, 2.75) is 51.1 Å². The van der Waals surface area contributed by atoms with Gasteiger partial charge in [-0.2, -0.15) is 8.78 Å². The first-order valence-electron chi connectivity index (χ1n) is 12.6. The molecule has 10 heteroatoms. The van der Waals surface area contributed by atoms with Gasteiger partial charge in [-0.05, 0) is 73.3 Å². The smallest absolute Gasteiger partial charge is 0.429 e. The van der Waals surface area contributed by atoms with Gasteiger partial charge in [-0.3, -0.25) is 0 Å². The standard InChI is InChI=1S/C29H26F8O2/c1-2-9-38-15-16-3-5-17(6-4-16)18-7-8-21(22(30)10-18)19-11-23(31)27(24(32)12-19)29(36,37)39-20-13-25(33)28(35)26(34)14-20/h7-8,10-14,16-17H,2-6,9,15H2,1H3. The fourth-order valence-electron chi connectivity index (χ4n) is 4.87. The lowest BCUT2D eigenvalue weighted by atomic mass is 9.78. The highest BCUT2D eigenvalue weighted by atomic mass is 19.3. The van der Waals surface area contributed by atoms with Crippen molar-refractivity contribution in [1.82, 2.24) is 0 Å². The fraction of sp³-hybridized carbons (Fsp3) is 0.379. The third-order valence-electron chi connectivity index (χ3n) is 6.86. The van der Waals surface area contributed by atoms with Gasteiger partial charge in [0, 0.05) is 30.9 Å². The van der Waals surface area contributed by atoms with Gasteiger partial charge in [-0.15, -0.1) is 0 Å². The monoisotopic (exact) mass is 558 g/mol. The van der Waals surface area contributed by atoms with Crippen LogP contribution in [0.1, 0.15) is 56.1 Å². The SMILES string of the molecule is CCCOCC1CCC(c2ccc(-c3cc(F)c(C(F)(F)Oc4cc(F)c(F)c(F)c4)c(F)c3)c(F)c2)CC1. The van der Waals surface area contributed by atoms with Crippen molar-refractivity contribution in [3.05, 3.63) is 88.5 Å².